The minimum absolute atomic E-state index is 0.124. The Labute approximate surface area is 366 Å². The molecule has 63 heavy (non-hydrogen) atoms. The van der Waals surface area contributed by atoms with Crippen molar-refractivity contribution in [2.45, 2.75) is 61.0 Å². The van der Waals surface area contributed by atoms with Crippen molar-refractivity contribution in [2.75, 3.05) is 40.2 Å². The van der Waals surface area contributed by atoms with Gasteiger partial charge in [-0.3, -0.25) is 0 Å². The number of amides is 1. The molecule has 7 rings (SSSR count). The van der Waals surface area contributed by atoms with Crippen LogP contribution in [0, 0.1) is 0 Å². The first kappa shape index (κ1) is 44.5. The monoisotopic (exact) mass is 896 g/mol. The number of aromatic nitrogens is 5. The lowest BCUT2D eigenvalue weighted by atomic mass is 10.0. The van der Waals surface area contributed by atoms with Crippen LogP contribution in [0.2, 0.25) is 0 Å². The van der Waals surface area contributed by atoms with Gasteiger partial charge in [-0.25, -0.2) is 26.6 Å². The van der Waals surface area contributed by atoms with Crippen LogP contribution in [0.25, 0.3) is 22.5 Å². The Morgan fingerprint density at radius 1 is 0.762 bits per heavy atom. The molecule has 6 aromatic rings. The van der Waals surface area contributed by atoms with Gasteiger partial charge in [-0.15, -0.1) is 10.2 Å². The summed E-state index contributed by atoms with van der Waals surface area (Å²) in [4.78, 5) is 18.7. The minimum atomic E-state index is -4.88. The normalized spacial score (nSPS) is 13.4. The van der Waals surface area contributed by atoms with Gasteiger partial charge in [0, 0.05) is 37.9 Å². The van der Waals surface area contributed by atoms with Crippen LogP contribution in [0.3, 0.4) is 0 Å². The average Bonchev–Trinajstić information content (AvgIpc) is 3.70. The van der Waals surface area contributed by atoms with Crippen LogP contribution < -0.4 is 19.9 Å². The first-order valence-corrected chi connectivity index (χ1v) is 22.8. The van der Waals surface area contributed by atoms with Gasteiger partial charge < -0.3 is 29.6 Å². The van der Waals surface area contributed by atoms with Crippen LogP contribution in [0.4, 0.5) is 10.6 Å². The molecule has 0 radical (unpaired) electrons. The number of anilines is 1. The first-order valence-electron chi connectivity index (χ1n) is 19.8. The SMILES string of the molecule is COc1ccc(CN(Cc2ccc(OC)cc2)S(=O)(=O)c2c(S(=O)(=O)C3CN(C(=O)OC(C)(C)C)C3)ccc(-c3ccc(N)nc3)c2-c2nnn(Cc3ccc(OC)cc3)n2)cc1. The summed E-state index contributed by atoms with van der Waals surface area (Å²) < 4.78 is 84.5. The third kappa shape index (κ3) is 9.90. The summed E-state index contributed by atoms with van der Waals surface area (Å²) in [6, 6.07) is 26.9. The quantitative estimate of drug-likeness (QED) is 0.128. The molecule has 2 N–H and O–H groups in total. The fraction of sp³-hybridized carbons (Fsp3) is 0.295. The van der Waals surface area contributed by atoms with Crippen molar-refractivity contribution in [1.29, 1.82) is 0 Å². The first-order chi connectivity index (χ1) is 30.0. The van der Waals surface area contributed by atoms with Gasteiger partial charge >= 0.3 is 6.09 Å². The fourth-order valence-corrected chi connectivity index (χ4v) is 11.0. The zero-order valence-electron chi connectivity index (χ0n) is 35.6. The van der Waals surface area contributed by atoms with E-state index in [0.717, 1.165) is 5.56 Å². The number of nitrogen functional groups attached to an aromatic ring is 1. The number of tetrazole rings is 1. The Morgan fingerprint density at radius 3 is 1.79 bits per heavy atom. The van der Waals surface area contributed by atoms with Crippen LogP contribution in [-0.2, 0) is 44.2 Å². The van der Waals surface area contributed by atoms with E-state index in [1.54, 1.807) is 101 Å². The number of rotatable bonds is 15. The number of sulfone groups is 1. The lowest BCUT2D eigenvalue weighted by Gasteiger charge is -2.39. The molecule has 2 aromatic heterocycles. The third-order valence-corrected chi connectivity index (χ3v) is 14.4. The van der Waals surface area contributed by atoms with E-state index in [4.69, 9.17) is 24.7 Å². The van der Waals surface area contributed by atoms with Crippen LogP contribution >= 0.6 is 0 Å². The van der Waals surface area contributed by atoms with Gasteiger partial charge in [0.15, 0.2) is 9.84 Å². The molecular weight excluding hydrogens is 849 g/mol. The predicted molar refractivity (Wildman–Crippen MR) is 234 cm³/mol. The molecule has 1 fully saturated rings. The molecular formula is C44H48N8O9S2. The summed E-state index contributed by atoms with van der Waals surface area (Å²) in [5.41, 5.74) is 7.67. The van der Waals surface area contributed by atoms with Crippen molar-refractivity contribution in [1.82, 2.24) is 34.4 Å². The molecule has 0 aliphatic carbocycles. The van der Waals surface area contributed by atoms with E-state index in [9.17, 15) is 4.79 Å². The Hall–Kier alpha value is -6.57. The van der Waals surface area contributed by atoms with E-state index in [1.807, 2.05) is 12.1 Å². The minimum Gasteiger partial charge on any atom is -0.497 e. The van der Waals surface area contributed by atoms with Crippen LogP contribution in [0.1, 0.15) is 37.5 Å². The highest BCUT2D eigenvalue weighted by atomic mass is 32.2. The number of nitrogens with two attached hydrogens (primary N) is 1. The van der Waals surface area contributed by atoms with E-state index < -0.39 is 46.6 Å². The van der Waals surface area contributed by atoms with E-state index in [0.29, 0.717) is 33.9 Å². The number of sulfonamides is 1. The molecule has 0 spiro atoms. The molecule has 0 unspecified atom stereocenters. The van der Waals surface area contributed by atoms with Crippen molar-refractivity contribution in [3.05, 3.63) is 120 Å². The molecule has 3 heterocycles. The average molecular weight is 897 g/mol. The van der Waals surface area contributed by atoms with Gasteiger partial charge in [-0.2, -0.15) is 9.10 Å². The zero-order valence-corrected chi connectivity index (χ0v) is 37.3. The summed E-state index contributed by atoms with van der Waals surface area (Å²) in [7, 11) is -4.79. The Balaban J connectivity index is 1.44. The van der Waals surface area contributed by atoms with E-state index in [1.165, 1.54) is 46.6 Å². The number of nitrogens with zero attached hydrogens (tertiary/aromatic N) is 7. The van der Waals surface area contributed by atoms with Gasteiger partial charge in [-0.1, -0.05) is 42.5 Å². The van der Waals surface area contributed by atoms with E-state index >= 15 is 16.8 Å². The number of pyridine rings is 1. The van der Waals surface area contributed by atoms with Crippen LogP contribution in [0.5, 0.6) is 17.2 Å². The molecule has 330 valence electrons. The van der Waals surface area contributed by atoms with Crippen LogP contribution in [0.15, 0.2) is 113 Å². The van der Waals surface area contributed by atoms with Crippen molar-refractivity contribution in [2.24, 2.45) is 0 Å². The number of hydrogen-bond acceptors (Lipinski definition) is 14. The summed E-state index contributed by atoms with van der Waals surface area (Å²) in [6.45, 7) is 4.44. The molecule has 0 atom stereocenters. The molecule has 1 amide bonds. The van der Waals surface area contributed by atoms with Gasteiger partial charge in [0.05, 0.1) is 38.3 Å². The lowest BCUT2D eigenvalue weighted by molar-refractivity contribution is 0.0139. The maximum atomic E-state index is 15.9. The summed E-state index contributed by atoms with van der Waals surface area (Å²) in [5.74, 6) is 1.82. The predicted octanol–water partition coefficient (Wildman–Crippen LogP) is 5.84. The number of likely N-dealkylation sites (tertiary alicyclic amines) is 1. The number of benzene rings is 4. The summed E-state index contributed by atoms with van der Waals surface area (Å²) in [6.07, 6.45) is 0.772. The second-order valence-corrected chi connectivity index (χ2v) is 19.9. The molecule has 17 nitrogen and oxygen atoms in total. The number of hydrogen-bond donors (Lipinski definition) is 1. The highest BCUT2D eigenvalue weighted by molar-refractivity contribution is 7.94. The van der Waals surface area contributed by atoms with Crippen LogP contribution in [-0.4, -0.2) is 103 Å². The summed E-state index contributed by atoms with van der Waals surface area (Å²) in [5, 5.41) is 12.2. The molecule has 1 aliphatic heterocycles. The van der Waals surface area contributed by atoms with Crippen molar-refractivity contribution in [3.63, 3.8) is 0 Å². The van der Waals surface area contributed by atoms with Crippen molar-refractivity contribution in [3.8, 4) is 39.8 Å². The van der Waals surface area contributed by atoms with Gasteiger partial charge in [0.1, 0.15) is 38.8 Å². The molecule has 0 bridgehead atoms. The smallest absolute Gasteiger partial charge is 0.410 e. The largest absolute Gasteiger partial charge is 0.497 e. The summed E-state index contributed by atoms with van der Waals surface area (Å²) >= 11 is 0. The number of ether oxygens (including phenoxy) is 4. The number of carbonyl (C=O) groups is 1. The maximum Gasteiger partial charge on any atom is 0.410 e. The molecule has 1 saturated heterocycles. The van der Waals surface area contributed by atoms with Gasteiger partial charge in [0.2, 0.25) is 15.8 Å². The third-order valence-electron chi connectivity index (χ3n) is 10.3. The zero-order chi connectivity index (χ0) is 45.1. The topological polar surface area (TPSA) is 211 Å². The van der Waals surface area contributed by atoms with Gasteiger partial charge in [0.25, 0.3) is 0 Å². The van der Waals surface area contributed by atoms with Crippen molar-refractivity contribution < 1.29 is 40.6 Å². The van der Waals surface area contributed by atoms with E-state index in [-0.39, 0.29) is 55.5 Å². The fourth-order valence-electron chi connectivity index (χ4n) is 6.89. The second kappa shape index (κ2) is 18.0. The highest BCUT2D eigenvalue weighted by Crippen LogP contribution is 2.43. The maximum absolute atomic E-state index is 15.9. The lowest BCUT2D eigenvalue weighted by Crippen LogP contribution is -2.57. The molecule has 0 saturated carbocycles. The molecule has 4 aromatic carbocycles. The second-order valence-electron chi connectivity index (χ2n) is 15.8. The molecule has 19 heteroatoms. The highest BCUT2D eigenvalue weighted by Gasteiger charge is 2.46. The van der Waals surface area contributed by atoms with Gasteiger partial charge in [-0.05, 0) is 103 Å². The Morgan fingerprint density at radius 2 is 1.30 bits per heavy atom. The van der Waals surface area contributed by atoms with Crippen molar-refractivity contribution >= 4 is 31.8 Å². The van der Waals surface area contributed by atoms with E-state index in [2.05, 4.69) is 20.4 Å². The molecule has 1 aliphatic rings. The Kier molecular flexibility index (Phi) is 12.7. The number of methoxy groups -OCH3 is 3. The number of carbonyl (C=O) groups excluding carboxylic acids is 1. The standard InChI is InChI=1S/C44H48N8O9S2/c1-44(2,3)61-43(53)50-27-36(28-50)62(54,55)38-21-20-37(32-13-22-39(45)46-23-32)40(42-47-49-52(48-42)26-31-11-18-35(60-6)19-12-31)41(38)63(56,57)51(24-29-7-14-33(58-4)15-8-29)25-30-9-16-34(59-5)17-10-30/h7-23,36H,24-28H2,1-6H3,(H2,45,46). The Bertz CT molecular complexity index is 2740.